The van der Waals surface area contributed by atoms with Crippen LogP contribution in [0.2, 0.25) is 0 Å². The van der Waals surface area contributed by atoms with E-state index in [1.165, 1.54) is 82.9 Å². The van der Waals surface area contributed by atoms with Crippen LogP contribution in [0.1, 0.15) is 83.1 Å². The van der Waals surface area contributed by atoms with Gasteiger partial charge in [0.25, 0.3) is 0 Å². The molecule has 0 saturated heterocycles. The maximum atomic E-state index is 3.92. The molecular weight excluding hydrogens is 302 g/mol. The van der Waals surface area contributed by atoms with Crippen molar-refractivity contribution in [2.45, 2.75) is 84.1 Å². The Morgan fingerprint density at radius 1 is 0.800 bits per heavy atom. The van der Waals surface area contributed by atoms with Crippen LogP contribution in [-0.4, -0.2) is 24.6 Å². The zero-order valence-electron chi connectivity index (χ0n) is 17.0. The van der Waals surface area contributed by atoms with Gasteiger partial charge >= 0.3 is 0 Å². The summed E-state index contributed by atoms with van der Waals surface area (Å²) in [6, 6.07) is 11.0. The second-order valence-electron chi connectivity index (χ2n) is 7.97. The van der Waals surface area contributed by atoms with Gasteiger partial charge in [0, 0.05) is 12.0 Å². The van der Waals surface area contributed by atoms with Crippen LogP contribution in [0.5, 0.6) is 0 Å². The summed E-state index contributed by atoms with van der Waals surface area (Å²) in [5.74, 6) is 0. The molecule has 1 nitrogen and oxygen atoms in total. The van der Waals surface area contributed by atoms with Gasteiger partial charge in [-0.25, -0.2) is 0 Å². The van der Waals surface area contributed by atoms with E-state index in [-0.39, 0.29) is 0 Å². The summed E-state index contributed by atoms with van der Waals surface area (Å²) < 4.78 is 1.15. The van der Waals surface area contributed by atoms with Gasteiger partial charge in [-0.2, -0.15) is 0 Å². The Kier molecular flexibility index (Phi) is 12.4. The maximum absolute atomic E-state index is 3.92. The molecule has 0 aliphatic rings. The van der Waals surface area contributed by atoms with Crippen molar-refractivity contribution < 1.29 is 4.48 Å². The Morgan fingerprint density at radius 2 is 1.36 bits per heavy atom. The minimum Gasteiger partial charge on any atom is -0.322 e. The first-order valence-corrected chi connectivity index (χ1v) is 10.7. The molecule has 0 fully saturated rings. The van der Waals surface area contributed by atoms with Gasteiger partial charge in [-0.05, 0) is 12.8 Å². The summed E-state index contributed by atoms with van der Waals surface area (Å²) in [5.41, 5.74) is 1.46. The van der Waals surface area contributed by atoms with Crippen molar-refractivity contribution >= 4 is 0 Å². The van der Waals surface area contributed by atoms with E-state index in [0.717, 1.165) is 17.4 Å². The highest BCUT2D eigenvalue weighted by Crippen LogP contribution is 2.16. The molecule has 1 heteroatoms. The second-order valence-corrected chi connectivity index (χ2v) is 7.97. The second kappa shape index (κ2) is 14.1. The van der Waals surface area contributed by atoms with E-state index in [4.69, 9.17) is 0 Å². The van der Waals surface area contributed by atoms with Gasteiger partial charge in [0.05, 0.1) is 20.1 Å². The smallest absolute Gasteiger partial charge is 0.104 e. The predicted octanol–water partition coefficient (Wildman–Crippen LogP) is 7.13. The molecule has 142 valence electrons. The molecule has 0 saturated carbocycles. The fourth-order valence-corrected chi connectivity index (χ4v) is 3.68. The van der Waals surface area contributed by atoms with Crippen LogP contribution in [0, 0.1) is 0 Å². The molecule has 0 spiro atoms. The van der Waals surface area contributed by atoms with Crippen LogP contribution >= 0.6 is 0 Å². The Balaban J connectivity index is 2.21. The van der Waals surface area contributed by atoms with Gasteiger partial charge in [0.15, 0.2) is 0 Å². The van der Waals surface area contributed by atoms with Crippen LogP contribution in [0.15, 0.2) is 43.0 Å². The molecule has 1 rings (SSSR count). The van der Waals surface area contributed by atoms with E-state index in [1.54, 1.807) is 0 Å². The van der Waals surface area contributed by atoms with Crippen molar-refractivity contribution in [2.24, 2.45) is 0 Å². The molecule has 0 N–H and O–H groups in total. The monoisotopic (exact) mass is 344 g/mol. The third-order valence-corrected chi connectivity index (χ3v) is 5.33. The summed E-state index contributed by atoms with van der Waals surface area (Å²) in [4.78, 5) is 0. The molecule has 0 aliphatic heterocycles. The fraction of sp³-hybridized carbons (Fsp3) is 0.667. The maximum Gasteiger partial charge on any atom is 0.104 e. The predicted molar refractivity (Wildman–Crippen MR) is 113 cm³/mol. The number of quaternary nitrogens is 1. The molecule has 0 aliphatic carbocycles. The standard InChI is InChI=1S/C24H42N/c1-4-6-8-9-10-11-12-13-14-18-22-25(3,21-7-5-2)23-24-19-16-15-17-20-24/h5,15-17,19-20H,2,4,6-14,18,21-23H2,1,3H3/q+1. The zero-order valence-corrected chi connectivity index (χ0v) is 17.0. The number of benzene rings is 1. The van der Waals surface area contributed by atoms with Crippen molar-refractivity contribution in [3.05, 3.63) is 48.6 Å². The minimum absolute atomic E-state index is 1.11. The molecule has 0 amide bonds. The number of unbranched alkanes of at least 4 members (excludes halogenated alkanes) is 9. The lowest BCUT2D eigenvalue weighted by molar-refractivity contribution is -0.922. The molecule has 0 radical (unpaired) electrons. The van der Waals surface area contributed by atoms with Crippen LogP contribution < -0.4 is 0 Å². The first-order chi connectivity index (χ1) is 12.2. The Labute approximate surface area is 157 Å². The van der Waals surface area contributed by atoms with E-state index in [0.29, 0.717) is 0 Å². The topological polar surface area (TPSA) is 0 Å². The van der Waals surface area contributed by atoms with Crippen LogP contribution in [0.3, 0.4) is 0 Å². The normalized spacial score (nSPS) is 13.5. The molecule has 25 heavy (non-hydrogen) atoms. The Hall–Kier alpha value is -1.08. The van der Waals surface area contributed by atoms with E-state index in [2.05, 4.69) is 57.0 Å². The Bertz CT molecular complexity index is 425. The number of hydrogen-bond donors (Lipinski definition) is 0. The van der Waals surface area contributed by atoms with Gasteiger partial charge in [0.2, 0.25) is 0 Å². The summed E-state index contributed by atoms with van der Waals surface area (Å²) in [5, 5.41) is 0. The quantitative estimate of drug-likeness (QED) is 0.170. The number of hydrogen-bond acceptors (Lipinski definition) is 0. The lowest BCUT2D eigenvalue weighted by atomic mass is 10.1. The summed E-state index contributed by atoms with van der Waals surface area (Å²) in [6.07, 6.45) is 17.3. The third kappa shape index (κ3) is 11.2. The lowest BCUT2D eigenvalue weighted by Crippen LogP contribution is -2.44. The SMILES string of the molecule is C=CCC[N+](C)(CCCCCCCCCCCC)Cc1ccccc1. The molecule has 0 bridgehead atoms. The highest BCUT2D eigenvalue weighted by atomic mass is 15.3. The van der Waals surface area contributed by atoms with Crippen molar-refractivity contribution in [3.8, 4) is 0 Å². The highest BCUT2D eigenvalue weighted by molar-refractivity contribution is 5.13. The zero-order chi connectivity index (χ0) is 18.2. The number of nitrogens with zero attached hydrogens (tertiary/aromatic N) is 1. The van der Waals surface area contributed by atoms with Crippen LogP contribution in [-0.2, 0) is 6.54 Å². The first-order valence-electron chi connectivity index (χ1n) is 10.7. The van der Waals surface area contributed by atoms with Crippen molar-refractivity contribution in [1.29, 1.82) is 0 Å². The van der Waals surface area contributed by atoms with Gasteiger partial charge in [-0.3, -0.25) is 0 Å². The van der Waals surface area contributed by atoms with E-state index >= 15 is 0 Å². The molecule has 0 heterocycles. The Morgan fingerprint density at radius 3 is 1.92 bits per heavy atom. The molecular formula is C24H42N+. The average molecular weight is 345 g/mol. The minimum atomic E-state index is 1.11. The molecule has 1 aromatic carbocycles. The van der Waals surface area contributed by atoms with Crippen molar-refractivity contribution in [3.63, 3.8) is 0 Å². The highest BCUT2D eigenvalue weighted by Gasteiger charge is 2.20. The summed E-state index contributed by atoms with van der Waals surface area (Å²) in [6.45, 7) is 9.85. The van der Waals surface area contributed by atoms with E-state index < -0.39 is 0 Å². The van der Waals surface area contributed by atoms with Crippen LogP contribution in [0.4, 0.5) is 0 Å². The molecule has 1 unspecified atom stereocenters. The lowest BCUT2D eigenvalue weighted by Gasteiger charge is -2.34. The molecule has 1 aromatic rings. The third-order valence-electron chi connectivity index (χ3n) is 5.33. The van der Waals surface area contributed by atoms with Gasteiger partial charge < -0.3 is 4.48 Å². The van der Waals surface area contributed by atoms with Crippen molar-refractivity contribution in [2.75, 3.05) is 20.1 Å². The molecule has 0 aromatic heterocycles. The first kappa shape index (κ1) is 22.0. The molecule has 1 atom stereocenters. The van der Waals surface area contributed by atoms with Crippen molar-refractivity contribution in [1.82, 2.24) is 0 Å². The average Bonchev–Trinajstić information content (AvgIpc) is 2.62. The van der Waals surface area contributed by atoms with E-state index in [9.17, 15) is 0 Å². The van der Waals surface area contributed by atoms with Crippen LogP contribution in [0.25, 0.3) is 0 Å². The number of rotatable bonds is 16. The summed E-state index contributed by atoms with van der Waals surface area (Å²) in [7, 11) is 2.42. The van der Waals surface area contributed by atoms with E-state index in [1.807, 2.05) is 0 Å². The van der Waals surface area contributed by atoms with Gasteiger partial charge in [0.1, 0.15) is 6.54 Å². The summed E-state index contributed by atoms with van der Waals surface area (Å²) >= 11 is 0. The largest absolute Gasteiger partial charge is 0.322 e. The van der Waals surface area contributed by atoms with Gasteiger partial charge in [-0.1, -0.05) is 94.7 Å². The fourth-order valence-electron chi connectivity index (χ4n) is 3.68. The van der Waals surface area contributed by atoms with Gasteiger partial charge in [-0.15, -0.1) is 6.58 Å².